The van der Waals surface area contributed by atoms with Crippen LogP contribution in [0.5, 0.6) is 0 Å². The molecule has 0 bridgehead atoms. The third-order valence-corrected chi connectivity index (χ3v) is 4.11. The quantitative estimate of drug-likeness (QED) is 0.665. The fourth-order valence-electron chi connectivity index (χ4n) is 2.93. The minimum absolute atomic E-state index is 0.297. The largest absolute Gasteiger partial charge is 0.461 e. The molecular formula is C16H15N6O3+. The Morgan fingerprint density at radius 1 is 1.40 bits per heavy atom. The highest BCUT2D eigenvalue weighted by atomic mass is 16.3. The lowest BCUT2D eigenvalue weighted by atomic mass is 10.2. The van der Waals surface area contributed by atoms with Crippen LogP contribution in [0.25, 0.3) is 17.2 Å². The number of furan rings is 1. The molecule has 0 radical (unpaired) electrons. The van der Waals surface area contributed by atoms with Gasteiger partial charge in [0.05, 0.1) is 12.0 Å². The standard InChI is InChI=1S/C16H14N6O3/c17-10-7-9(16(24)21-5-1-3-11(21)13(18)23)8-22-15(10)19-14(20-22)12-4-2-6-25-12/h2,4-8,11H,1,3,17H2,(H-,18,23)/p+1/t11-/m1/s1. The normalized spacial score (nSPS) is 17.0. The molecule has 4 rings (SSSR count). The number of rotatable bonds is 3. The van der Waals surface area contributed by atoms with Gasteiger partial charge < -0.3 is 15.9 Å². The molecule has 4 heterocycles. The van der Waals surface area contributed by atoms with Crippen molar-refractivity contribution in [3.05, 3.63) is 36.2 Å². The first-order valence-electron chi connectivity index (χ1n) is 7.69. The lowest BCUT2D eigenvalue weighted by Gasteiger charge is -2.05. The van der Waals surface area contributed by atoms with Crippen molar-refractivity contribution < 1.29 is 18.6 Å². The lowest BCUT2D eigenvalue weighted by Crippen LogP contribution is -2.39. The van der Waals surface area contributed by atoms with Crippen LogP contribution in [-0.4, -0.2) is 43.2 Å². The van der Waals surface area contributed by atoms with E-state index in [2.05, 4.69) is 10.1 Å². The minimum Gasteiger partial charge on any atom is -0.461 e. The third kappa shape index (κ3) is 2.45. The topological polar surface area (TPSA) is 133 Å². The van der Waals surface area contributed by atoms with Crippen LogP contribution < -0.4 is 11.5 Å². The zero-order valence-electron chi connectivity index (χ0n) is 13.1. The number of hydrogen-bond donors (Lipinski definition) is 2. The van der Waals surface area contributed by atoms with E-state index in [-0.39, 0.29) is 5.91 Å². The van der Waals surface area contributed by atoms with Crippen LogP contribution in [0.15, 0.2) is 35.1 Å². The maximum atomic E-state index is 12.7. The highest BCUT2D eigenvalue weighted by Crippen LogP contribution is 2.21. The van der Waals surface area contributed by atoms with E-state index < -0.39 is 11.9 Å². The summed E-state index contributed by atoms with van der Waals surface area (Å²) in [7, 11) is 0. The van der Waals surface area contributed by atoms with Crippen LogP contribution >= 0.6 is 0 Å². The number of carbonyl (C=O) groups is 2. The number of primary amides is 1. The maximum Gasteiger partial charge on any atom is 0.421 e. The molecule has 2 amide bonds. The molecule has 0 aromatic carbocycles. The number of anilines is 1. The number of hydrogen-bond acceptors (Lipinski definition) is 6. The number of nitrogens with two attached hydrogens (primary N) is 2. The SMILES string of the molecule is NC(=O)[C@H]1CCC=[N+]1C(=O)c1cc(N)c2nc(-c3ccco3)nn2c1. The van der Waals surface area contributed by atoms with Crippen molar-refractivity contribution in [2.24, 2.45) is 5.73 Å². The van der Waals surface area contributed by atoms with Crippen LogP contribution in [0.4, 0.5) is 5.69 Å². The fraction of sp³-hybridized carbons (Fsp3) is 0.188. The molecule has 0 unspecified atom stereocenters. The van der Waals surface area contributed by atoms with Gasteiger partial charge in [-0.1, -0.05) is 0 Å². The second-order valence-corrected chi connectivity index (χ2v) is 5.76. The van der Waals surface area contributed by atoms with E-state index in [0.717, 1.165) is 0 Å². The zero-order chi connectivity index (χ0) is 17.6. The van der Waals surface area contributed by atoms with E-state index in [4.69, 9.17) is 15.9 Å². The Hall–Kier alpha value is -3.49. The van der Waals surface area contributed by atoms with Crippen molar-refractivity contribution in [1.82, 2.24) is 14.6 Å². The lowest BCUT2D eigenvalue weighted by molar-refractivity contribution is -0.444. The zero-order valence-corrected chi connectivity index (χ0v) is 13.1. The summed E-state index contributed by atoms with van der Waals surface area (Å²) in [6, 6.07) is 4.33. The van der Waals surface area contributed by atoms with Gasteiger partial charge >= 0.3 is 5.91 Å². The van der Waals surface area contributed by atoms with E-state index in [9.17, 15) is 9.59 Å². The molecule has 0 aliphatic carbocycles. The molecule has 25 heavy (non-hydrogen) atoms. The molecule has 1 aliphatic heterocycles. The predicted octanol–water partition coefficient (Wildman–Crippen LogP) is 0.443. The van der Waals surface area contributed by atoms with Gasteiger partial charge in [0, 0.05) is 19.0 Å². The van der Waals surface area contributed by atoms with Crippen LogP contribution in [0, 0.1) is 0 Å². The molecule has 0 saturated carbocycles. The molecule has 9 heteroatoms. The number of aromatic nitrogens is 3. The van der Waals surface area contributed by atoms with E-state index in [1.54, 1.807) is 18.3 Å². The molecule has 1 aliphatic rings. The van der Waals surface area contributed by atoms with E-state index >= 15 is 0 Å². The summed E-state index contributed by atoms with van der Waals surface area (Å²) < 4.78 is 8.06. The molecule has 126 valence electrons. The van der Waals surface area contributed by atoms with Crippen molar-refractivity contribution >= 4 is 29.4 Å². The summed E-state index contributed by atoms with van der Waals surface area (Å²) >= 11 is 0. The average Bonchev–Trinajstić information content (AvgIpc) is 3.31. The molecular weight excluding hydrogens is 324 g/mol. The van der Waals surface area contributed by atoms with Gasteiger partial charge in [0.25, 0.3) is 5.91 Å². The molecule has 0 fully saturated rings. The Bertz CT molecular complexity index is 1020. The van der Waals surface area contributed by atoms with Crippen molar-refractivity contribution in [3.8, 4) is 11.6 Å². The Kier molecular flexibility index (Phi) is 3.34. The molecule has 3 aromatic heterocycles. The molecule has 4 N–H and O–H groups in total. The second-order valence-electron chi connectivity index (χ2n) is 5.76. The smallest absolute Gasteiger partial charge is 0.421 e. The van der Waals surface area contributed by atoms with Gasteiger partial charge in [-0.05, 0) is 18.2 Å². The van der Waals surface area contributed by atoms with E-state index in [0.29, 0.717) is 41.3 Å². The summed E-state index contributed by atoms with van der Waals surface area (Å²) in [5.41, 5.74) is 12.4. The van der Waals surface area contributed by atoms with E-state index in [1.165, 1.54) is 27.6 Å². The van der Waals surface area contributed by atoms with Crippen molar-refractivity contribution in [1.29, 1.82) is 0 Å². The summed E-state index contributed by atoms with van der Waals surface area (Å²) in [5.74, 6) is -0.0244. The Morgan fingerprint density at radius 2 is 2.24 bits per heavy atom. The number of carbonyl (C=O) groups excluding carboxylic acids is 2. The number of amides is 2. The first-order valence-corrected chi connectivity index (χ1v) is 7.69. The monoisotopic (exact) mass is 339 g/mol. The van der Waals surface area contributed by atoms with Crippen LogP contribution in [-0.2, 0) is 4.79 Å². The first-order chi connectivity index (χ1) is 12.0. The van der Waals surface area contributed by atoms with Gasteiger partial charge in [0.15, 0.2) is 11.4 Å². The van der Waals surface area contributed by atoms with Gasteiger partial charge in [0.2, 0.25) is 11.9 Å². The van der Waals surface area contributed by atoms with Gasteiger partial charge in [-0.3, -0.25) is 4.79 Å². The van der Waals surface area contributed by atoms with Crippen LogP contribution in [0.3, 0.4) is 0 Å². The third-order valence-electron chi connectivity index (χ3n) is 4.11. The van der Waals surface area contributed by atoms with Gasteiger partial charge in [-0.15, -0.1) is 5.10 Å². The maximum absolute atomic E-state index is 12.7. The number of fused-ring (bicyclic) bond motifs is 1. The highest BCUT2D eigenvalue weighted by molar-refractivity contribution is 5.94. The Morgan fingerprint density at radius 3 is 2.96 bits per heavy atom. The number of pyridine rings is 1. The Balaban J connectivity index is 1.76. The molecule has 0 spiro atoms. The van der Waals surface area contributed by atoms with Gasteiger partial charge in [-0.25, -0.2) is 14.3 Å². The van der Waals surface area contributed by atoms with Gasteiger partial charge in [-0.2, -0.15) is 4.58 Å². The average molecular weight is 339 g/mol. The van der Waals surface area contributed by atoms with Crippen LogP contribution in [0.1, 0.15) is 23.2 Å². The molecule has 1 atom stereocenters. The van der Waals surface area contributed by atoms with Crippen molar-refractivity contribution in [2.45, 2.75) is 18.9 Å². The summed E-state index contributed by atoms with van der Waals surface area (Å²) in [6.07, 6.45) is 5.85. The van der Waals surface area contributed by atoms with Gasteiger partial charge in [0.1, 0.15) is 11.8 Å². The molecule has 3 aromatic rings. The second kappa shape index (κ2) is 5.55. The van der Waals surface area contributed by atoms with E-state index in [1.807, 2.05) is 0 Å². The fourth-order valence-corrected chi connectivity index (χ4v) is 2.93. The first kappa shape index (κ1) is 15.1. The Labute approximate surface area is 141 Å². The molecule has 0 saturated heterocycles. The van der Waals surface area contributed by atoms with Crippen LogP contribution in [0.2, 0.25) is 0 Å². The summed E-state index contributed by atoms with van der Waals surface area (Å²) in [5, 5.41) is 4.30. The van der Waals surface area contributed by atoms with Crippen molar-refractivity contribution in [3.63, 3.8) is 0 Å². The minimum atomic E-state index is -0.640. The number of nitrogen functional groups attached to an aromatic ring is 1. The highest BCUT2D eigenvalue weighted by Gasteiger charge is 2.37. The number of nitrogens with zero attached hydrogens (tertiary/aromatic N) is 4. The summed E-state index contributed by atoms with van der Waals surface area (Å²) in [4.78, 5) is 28.6. The summed E-state index contributed by atoms with van der Waals surface area (Å²) in [6.45, 7) is 0. The molecule has 9 nitrogen and oxygen atoms in total. The predicted molar refractivity (Wildman–Crippen MR) is 88.0 cm³/mol. The van der Waals surface area contributed by atoms with Crippen molar-refractivity contribution in [2.75, 3.05) is 5.73 Å².